The van der Waals surface area contributed by atoms with Gasteiger partial charge in [0, 0.05) is 13.1 Å². The Balaban J connectivity index is 2.02. The summed E-state index contributed by atoms with van der Waals surface area (Å²) in [5, 5.41) is 9.27. The molecule has 3 atom stereocenters. The van der Waals surface area contributed by atoms with Crippen molar-refractivity contribution in [1.82, 2.24) is 4.90 Å². The summed E-state index contributed by atoms with van der Waals surface area (Å²) in [4.78, 5) is 14.4. The van der Waals surface area contributed by atoms with Crippen molar-refractivity contribution >= 4 is 5.78 Å². The van der Waals surface area contributed by atoms with Crippen LogP contribution >= 0.6 is 0 Å². The maximum atomic E-state index is 12.4. The van der Waals surface area contributed by atoms with E-state index in [1.807, 2.05) is 44.2 Å². The highest BCUT2D eigenvalue weighted by atomic mass is 16.5. The zero-order valence-corrected chi connectivity index (χ0v) is 12.0. The second-order valence-corrected chi connectivity index (χ2v) is 5.39. The molecule has 0 bridgehead atoms. The molecule has 1 aliphatic heterocycles. The number of nitriles is 1. The molecule has 3 unspecified atom stereocenters. The van der Waals surface area contributed by atoms with Crippen LogP contribution in [0.15, 0.2) is 30.3 Å². The van der Waals surface area contributed by atoms with E-state index in [1.165, 1.54) is 0 Å². The van der Waals surface area contributed by atoms with E-state index in [9.17, 15) is 10.1 Å². The van der Waals surface area contributed by atoms with Crippen molar-refractivity contribution in [3.63, 3.8) is 0 Å². The predicted octanol–water partition coefficient (Wildman–Crippen LogP) is 1.97. The highest BCUT2D eigenvalue weighted by molar-refractivity contribution is 5.90. The summed E-state index contributed by atoms with van der Waals surface area (Å²) in [6.07, 6.45) is 0.257. The van der Waals surface area contributed by atoms with E-state index >= 15 is 0 Å². The second-order valence-electron chi connectivity index (χ2n) is 5.39. The molecule has 0 aliphatic carbocycles. The molecule has 0 amide bonds. The van der Waals surface area contributed by atoms with Crippen molar-refractivity contribution in [2.24, 2.45) is 0 Å². The average molecular weight is 272 g/mol. The number of carbonyl (C=O) groups is 1. The molecule has 0 saturated carbocycles. The second kappa shape index (κ2) is 6.65. The SMILES string of the molecule is CC1CN(CC(=O)C(C#N)c2ccccc2)CC(C)O1. The fourth-order valence-corrected chi connectivity index (χ4v) is 2.70. The van der Waals surface area contributed by atoms with E-state index < -0.39 is 5.92 Å². The Morgan fingerprint density at radius 1 is 1.35 bits per heavy atom. The van der Waals surface area contributed by atoms with E-state index in [-0.39, 0.29) is 18.0 Å². The van der Waals surface area contributed by atoms with Gasteiger partial charge in [0.1, 0.15) is 5.92 Å². The maximum Gasteiger partial charge on any atom is 0.168 e. The number of hydrogen-bond donors (Lipinski definition) is 0. The molecule has 1 saturated heterocycles. The number of carbonyl (C=O) groups excluding carboxylic acids is 1. The Morgan fingerprint density at radius 3 is 2.50 bits per heavy atom. The molecule has 1 aromatic rings. The Bertz CT molecular complexity index is 485. The molecule has 4 heteroatoms. The largest absolute Gasteiger partial charge is 0.373 e. The minimum Gasteiger partial charge on any atom is -0.373 e. The average Bonchev–Trinajstić information content (AvgIpc) is 2.39. The molecule has 0 aromatic heterocycles. The van der Waals surface area contributed by atoms with Gasteiger partial charge in [0.2, 0.25) is 0 Å². The Labute approximate surface area is 120 Å². The van der Waals surface area contributed by atoms with Crippen LogP contribution < -0.4 is 0 Å². The van der Waals surface area contributed by atoms with E-state index in [2.05, 4.69) is 11.0 Å². The standard InChI is InChI=1S/C16H20N2O2/c1-12-9-18(10-13(2)20-12)11-16(19)15(8-17)14-6-4-3-5-7-14/h3-7,12-13,15H,9-11H2,1-2H3. The molecule has 1 aliphatic rings. The fourth-order valence-electron chi connectivity index (χ4n) is 2.70. The van der Waals surface area contributed by atoms with Crippen LogP contribution in [0.3, 0.4) is 0 Å². The van der Waals surface area contributed by atoms with Crippen LogP contribution in [-0.2, 0) is 9.53 Å². The van der Waals surface area contributed by atoms with Gasteiger partial charge in [-0.3, -0.25) is 9.69 Å². The molecule has 0 spiro atoms. The molecule has 4 nitrogen and oxygen atoms in total. The monoisotopic (exact) mass is 272 g/mol. The van der Waals surface area contributed by atoms with E-state index in [4.69, 9.17) is 4.74 Å². The van der Waals surface area contributed by atoms with Gasteiger partial charge in [0.05, 0.1) is 24.8 Å². The lowest BCUT2D eigenvalue weighted by molar-refractivity contribution is -0.124. The quantitative estimate of drug-likeness (QED) is 0.841. The highest BCUT2D eigenvalue weighted by Crippen LogP contribution is 2.18. The summed E-state index contributed by atoms with van der Waals surface area (Å²) >= 11 is 0. The molecule has 106 valence electrons. The lowest BCUT2D eigenvalue weighted by atomic mass is 9.95. The van der Waals surface area contributed by atoms with E-state index in [1.54, 1.807) is 0 Å². The minimum atomic E-state index is -0.676. The first-order valence-electron chi connectivity index (χ1n) is 6.95. The lowest BCUT2D eigenvalue weighted by Gasteiger charge is -2.35. The first-order valence-corrected chi connectivity index (χ1v) is 6.95. The van der Waals surface area contributed by atoms with E-state index in [0.29, 0.717) is 6.54 Å². The van der Waals surface area contributed by atoms with Gasteiger partial charge in [-0.2, -0.15) is 5.26 Å². The number of nitrogens with zero attached hydrogens (tertiary/aromatic N) is 2. The first-order chi connectivity index (χ1) is 9.60. The van der Waals surface area contributed by atoms with Gasteiger partial charge in [-0.15, -0.1) is 0 Å². The third-order valence-electron chi connectivity index (χ3n) is 3.46. The Hall–Kier alpha value is -1.70. The van der Waals surface area contributed by atoms with Crippen LogP contribution in [0.25, 0.3) is 0 Å². The van der Waals surface area contributed by atoms with Gasteiger partial charge in [-0.05, 0) is 19.4 Å². The van der Waals surface area contributed by atoms with Gasteiger partial charge in [0.15, 0.2) is 5.78 Å². The van der Waals surface area contributed by atoms with Crippen molar-refractivity contribution in [1.29, 1.82) is 5.26 Å². The number of ketones is 1. The van der Waals surface area contributed by atoms with Crippen LogP contribution in [0.5, 0.6) is 0 Å². The first kappa shape index (κ1) is 14.7. The van der Waals surface area contributed by atoms with Crippen LogP contribution in [0.2, 0.25) is 0 Å². The molecule has 0 radical (unpaired) electrons. The molecule has 1 heterocycles. The summed E-state index contributed by atoms with van der Waals surface area (Å²) in [5.41, 5.74) is 0.773. The molecular formula is C16H20N2O2. The summed E-state index contributed by atoms with van der Waals surface area (Å²) in [7, 11) is 0. The zero-order valence-electron chi connectivity index (χ0n) is 12.0. The fraction of sp³-hybridized carbons (Fsp3) is 0.500. The number of morpholine rings is 1. The normalized spacial score (nSPS) is 24.9. The Kier molecular flexibility index (Phi) is 4.89. The summed E-state index contributed by atoms with van der Waals surface area (Å²) in [5.74, 6) is -0.718. The Morgan fingerprint density at radius 2 is 1.95 bits per heavy atom. The minimum absolute atomic E-state index is 0.0417. The van der Waals surface area contributed by atoms with Crippen molar-refractivity contribution in [3.05, 3.63) is 35.9 Å². The molecule has 1 aromatic carbocycles. The molecule has 0 N–H and O–H groups in total. The van der Waals surface area contributed by atoms with Crippen LogP contribution in [0.1, 0.15) is 25.3 Å². The topological polar surface area (TPSA) is 53.3 Å². The third kappa shape index (κ3) is 3.66. The zero-order chi connectivity index (χ0) is 14.5. The van der Waals surface area contributed by atoms with Crippen LogP contribution in [0, 0.1) is 11.3 Å². The molecule has 20 heavy (non-hydrogen) atoms. The molecule has 2 rings (SSSR count). The lowest BCUT2D eigenvalue weighted by Crippen LogP contribution is -2.47. The number of hydrogen-bond acceptors (Lipinski definition) is 4. The van der Waals surface area contributed by atoms with Crippen molar-refractivity contribution in [3.8, 4) is 6.07 Å². The number of ether oxygens (including phenoxy) is 1. The van der Waals surface area contributed by atoms with Gasteiger partial charge in [-0.1, -0.05) is 30.3 Å². The highest BCUT2D eigenvalue weighted by Gasteiger charge is 2.27. The summed E-state index contributed by atoms with van der Waals surface area (Å²) in [6, 6.07) is 11.4. The van der Waals surface area contributed by atoms with Crippen molar-refractivity contribution in [2.45, 2.75) is 32.0 Å². The van der Waals surface area contributed by atoms with Gasteiger partial charge in [-0.25, -0.2) is 0 Å². The van der Waals surface area contributed by atoms with Gasteiger partial charge in [0.25, 0.3) is 0 Å². The molecular weight excluding hydrogens is 252 g/mol. The molecule has 1 fully saturated rings. The summed E-state index contributed by atoms with van der Waals surface area (Å²) < 4.78 is 5.65. The third-order valence-corrected chi connectivity index (χ3v) is 3.46. The van der Waals surface area contributed by atoms with Crippen LogP contribution in [-0.4, -0.2) is 42.5 Å². The maximum absolute atomic E-state index is 12.4. The number of rotatable bonds is 4. The smallest absolute Gasteiger partial charge is 0.168 e. The van der Waals surface area contributed by atoms with Gasteiger partial charge < -0.3 is 4.74 Å². The number of benzene rings is 1. The predicted molar refractivity (Wildman–Crippen MR) is 76.3 cm³/mol. The summed E-state index contributed by atoms with van der Waals surface area (Å²) in [6.45, 7) is 5.80. The van der Waals surface area contributed by atoms with Crippen LogP contribution in [0.4, 0.5) is 0 Å². The van der Waals surface area contributed by atoms with Crippen molar-refractivity contribution < 1.29 is 9.53 Å². The number of Topliss-reactive ketones (excluding diaryl/α,β-unsaturated/α-hetero) is 1. The van der Waals surface area contributed by atoms with E-state index in [0.717, 1.165) is 18.7 Å². The van der Waals surface area contributed by atoms with Crippen molar-refractivity contribution in [2.75, 3.05) is 19.6 Å². The van der Waals surface area contributed by atoms with Gasteiger partial charge >= 0.3 is 0 Å².